The number of rotatable bonds is 5. The molecular weight excluding hydrogens is 314 g/mol. The second-order valence-corrected chi connectivity index (χ2v) is 8.45. The molecule has 2 rings (SSSR count). The van der Waals surface area contributed by atoms with Crippen molar-refractivity contribution in [2.45, 2.75) is 90.0 Å². The smallest absolute Gasteiger partial charge is 0.410 e. The maximum absolute atomic E-state index is 12.9. The van der Waals surface area contributed by atoms with Gasteiger partial charge in [-0.3, -0.25) is 4.90 Å². The highest BCUT2D eigenvalue weighted by atomic mass is 16.6. The molecule has 1 aromatic rings. The van der Waals surface area contributed by atoms with E-state index in [0.717, 1.165) is 24.8 Å². The van der Waals surface area contributed by atoms with Gasteiger partial charge in [0.05, 0.1) is 11.6 Å². The number of hydrogen-bond acceptors (Lipinski definition) is 3. The first-order valence-corrected chi connectivity index (χ1v) is 9.41. The molecule has 0 unspecified atom stereocenters. The van der Waals surface area contributed by atoms with Crippen molar-refractivity contribution in [2.24, 2.45) is 0 Å². The van der Waals surface area contributed by atoms with Gasteiger partial charge in [-0.05, 0) is 52.5 Å². The maximum atomic E-state index is 12.9. The first-order valence-electron chi connectivity index (χ1n) is 9.41. The summed E-state index contributed by atoms with van der Waals surface area (Å²) in [6.07, 6.45) is 3.94. The Morgan fingerprint density at radius 1 is 1.32 bits per heavy atom. The lowest BCUT2D eigenvalue weighted by Crippen LogP contribution is -2.49. The first kappa shape index (κ1) is 19.8. The summed E-state index contributed by atoms with van der Waals surface area (Å²) in [5.74, 6) is 0. The Kier molecular flexibility index (Phi) is 6.15. The highest BCUT2D eigenvalue weighted by molar-refractivity contribution is 5.70. The van der Waals surface area contributed by atoms with E-state index in [2.05, 4.69) is 6.92 Å². The summed E-state index contributed by atoms with van der Waals surface area (Å²) in [5, 5.41) is 11.1. The Balaban J connectivity index is 2.28. The fraction of sp³-hybridized carbons (Fsp3) is 0.667. The Bertz CT molecular complexity index is 562. The molecule has 1 saturated heterocycles. The fourth-order valence-electron chi connectivity index (χ4n) is 3.69. The monoisotopic (exact) mass is 347 g/mol. The molecule has 0 aliphatic carbocycles. The highest BCUT2D eigenvalue weighted by Crippen LogP contribution is 2.38. The molecule has 1 aromatic carbocycles. The summed E-state index contributed by atoms with van der Waals surface area (Å²) in [6.45, 7) is 9.64. The predicted octanol–water partition coefficient (Wildman–Crippen LogP) is 4.55. The van der Waals surface area contributed by atoms with Gasteiger partial charge in [0.25, 0.3) is 0 Å². The molecule has 0 radical (unpaired) electrons. The van der Waals surface area contributed by atoms with Gasteiger partial charge >= 0.3 is 6.09 Å². The molecule has 0 spiro atoms. The molecule has 1 fully saturated rings. The summed E-state index contributed by atoms with van der Waals surface area (Å²) in [5.41, 5.74) is -0.332. The van der Waals surface area contributed by atoms with Crippen LogP contribution in [-0.4, -0.2) is 39.4 Å². The maximum Gasteiger partial charge on any atom is 0.410 e. The van der Waals surface area contributed by atoms with Crippen molar-refractivity contribution < 1.29 is 14.6 Å². The number of benzene rings is 1. The van der Waals surface area contributed by atoms with Crippen molar-refractivity contribution in [3.8, 4) is 0 Å². The summed E-state index contributed by atoms with van der Waals surface area (Å²) in [4.78, 5) is 14.7. The van der Waals surface area contributed by atoms with E-state index < -0.39 is 11.2 Å². The summed E-state index contributed by atoms with van der Waals surface area (Å²) >= 11 is 0. The van der Waals surface area contributed by atoms with Crippen LogP contribution in [0.2, 0.25) is 0 Å². The third-order valence-electron chi connectivity index (χ3n) is 4.86. The third kappa shape index (κ3) is 5.21. The molecule has 1 N–H and O–H groups in total. The molecule has 1 aliphatic rings. The molecule has 0 saturated carbocycles. The van der Waals surface area contributed by atoms with Crippen LogP contribution in [0.5, 0.6) is 0 Å². The van der Waals surface area contributed by atoms with Crippen molar-refractivity contribution in [1.82, 2.24) is 4.90 Å². The summed E-state index contributed by atoms with van der Waals surface area (Å²) in [6, 6.07) is 9.80. The molecule has 25 heavy (non-hydrogen) atoms. The molecule has 140 valence electrons. The Hall–Kier alpha value is -1.55. The topological polar surface area (TPSA) is 49.8 Å². The van der Waals surface area contributed by atoms with Crippen LogP contribution < -0.4 is 0 Å². The molecular formula is C21H33NO3. The zero-order chi connectivity index (χ0) is 18.7. The van der Waals surface area contributed by atoms with Gasteiger partial charge in [-0.15, -0.1) is 0 Å². The average molecular weight is 347 g/mol. The second-order valence-electron chi connectivity index (χ2n) is 8.45. The van der Waals surface area contributed by atoms with Crippen LogP contribution in [0.1, 0.15) is 65.9 Å². The van der Waals surface area contributed by atoms with Crippen LogP contribution >= 0.6 is 0 Å². The van der Waals surface area contributed by atoms with Crippen molar-refractivity contribution in [3.63, 3.8) is 0 Å². The lowest BCUT2D eigenvalue weighted by molar-refractivity contribution is -0.00957. The van der Waals surface area contributed by atoms with E-state index in [1.807, 2.05) is 62.9 Å². The van der Waals surface area contributed by atoms with Gasteiger partial charge in [0, 0.05) is 6.04 Å². The number of likely N-dealkylation sites (tertiary alicyclic amines) is 1. The van der Waals surface area contributed by atoms with Crippen LogP contribution in [0.25, 0.3) is 0 Å². The van der Waals surface area contributed by atoms with Crippen LogP contribution in [-0.2, 0) is 11.2 Å². The standard InChI is InChI=1S/C21H33NO3/c1-6-7-13-17-15-21(5,24)18(14-16-11-9-8-10-12-16)22(17)19(23)25-20(2,3)4/h8-12,17-18,24H,6-7,13-15H2,1-5H3/t17-,18+,21+/m0/s1. The van der Waals surface area contributed by atoms with Gasteiger partial charge in [-0.2, -0.15) is 0 Å². The number of carbonyl (C=O) groups excluding carboxylic acids is 1. The van der Waals surface area contributed by atoms with Gasteiger partial charge in [0.15, 0.2) is 0 Å². The average Bonchev–Trinajstić information content (AvgIpc) is 2.75. The number of ether oxygens (including phenoxy) is 1. The minimum atomic E-state index is -0.912. The molecule has 0 aromatic heterocycles. The van der Waals surface area contributed by atoms with Crippen molar-refractivity contribution >= 4 is 6.09 Å². The van der Waals surface area contributed by atoms with Gasteiger partial charge in [-0.25, -0.2) is 4.79 Å². The number of amides is 1. The summed E-state index contributed by atoms with van der Waals surface area (Å²) in [7, 11) is 0. The fourth-order valence-corrected chi connectivity index (χ4v) is 3.69. The molecule has 4 heteroatoms. The van der Waals surface area contributed by atoms with Crippen molar-refractivity contribution in [2.75, 3.05) is 0 Å². The van der Waals surface area contributed by atoms with Crippen molar-refractivity contribution in [1.29, 1.82) is 0 Å². The molecule has 1 amide bonds. The number of unbranched alkanes of at least 4 members (excludes halogenated alkanes) is 1. The lowest BCUT2D eigenvalue weighted by atomic mass is 9.90. The zero-order valence-electron chi connectivity index (χ0n) is 16.3. The zero-order valence-corrected chi connectivity index (χ0v) is 16.3. The van der Waals surface area contributed by atoms with E-state index in [4.69, 9.17) is 4.74 Å². The number of aliphatic hydroxyl groups is 1. The highest BCUT2D eigenvalue weighted by Gasteiger charge is 2.50. The molecule has 1 aliphatic heterocycles. The second kappa shape index (κ2) is 7.77. The van der Waals surface area contributed by atoms with E-state index >= 15 is 0 Å². The van der Waals surface area contributed by atoms with E-state index in [0.29, 0.717) is 12.8 Å². The third-order valence-corrected chi connectivity index (χ3v) is 4.86. The SMILES string of the molecule is CCCC[C@H]1C[C@@](C)(O)[C@@H](Cc2ccccc2)N1C(=O)OC(C)(C)C. The quantitative estimate of drug-likeness (QED) is 0.850. The molecule has 4 nitrogen and oxygen atoms in total. The number of nitrogens with zero attached hydrogens (tertiary/aromatic N) is 1. The van der Waals surface area contributed by atoms with Gasteiger partial charge in [0.2, 0.25) is 0 Å². The predicted molar refractivity (Wildman–Crippen MR) is 101 cm³/mol. The van der Waals surface area contributed by atoms with Crippen molar-refractivity contribution in [3.05, 3.63) is 35.9 Å². The molecule has 1 heterocycles. The minimum Gasteiger partial charge on any atom is -0.444 e. The van der Waals surface area contributed by atoms with E-state index in [1.165, 1.54) is 0 Å². The Morgan fingerprint density at radius 2 is 1.96 bits per heavy atom. The largest absolute Gasteiger partial charge is 0.444 e. The summed E-state index contributed by atoms with van der Waals surface area (Å²) < 4.78 is 5.67. The van der Waals surface area contributed by atoms with Crippen LogP contribution in [0.4, 0.5) is 4.79 Å². The number of hydrogen-bond donors (Lipinski definition) is 1. The van der Waals surface area contributed by atoms with E-state index in [-0.39, 0.29) is 18.2 Å². The number of carbonyl (C=O) groups is 1. The van der Waals surface area contributed by atoms with Gasteiger partial charge in [0.1, 0.15) is 5.60 Å². The molecule has 3 atom stereocenters. The van der Waals surface area contributed by atoms with Crippen LogP contribution in [0, 0.1) is 0 Å². The van der Waals surface area contributed by atoms with E-state index in [9.17, 15) is 9.90 Å². The van der Waals surface area contributed by atoms with Crippen LogP contribution in [0.15, 0.2) is 30.3 Å². The normalized spacial score (nSPS) is 26.7. The minimum absolute atomic E-state index is 0.0264. The Morgan fingerprint density at radius 3 is 2.52 bits per heavy atom. The van der Waals surface area contributed by atoms with E-state index in [1.54, 1.807) is 0 Å². The Labute approximate surface area is 152 Å². The van der Waals surface area contributed by atoms with Crippen LogP contribution in [0.3, 0.4) is 0 Å². The first-order chi connectivity index (χ1) is 11.6. The van der Waals surface area contributed by atoms with Gasteiger partial charge < -0.3 is 9.84 Å². The van der Waals surface area contributed by atoms with Gasteiger partial charge in [-0.1, -0.05) is 50.1 Å². The molecule has 0 bridgehead atoms. The lowest BCUT2D eigenvalue weighted by Gasteiger charge is -2.35.